The molecule has 4 aromatic rings. The van der Waals surface area contributed by atoms with E-state index in [1.54, 1.807) is 37.3 Å². The van der Waals surface area contributed by atoms with Crippen LogP contribution in [-0.4, -0.2) is 27.5 Å². The first-order valence-corrected chi connectivity index (χ1v) is 10.8. The Hall–Kier alpha value is -4.73. The zero-order valence-corrected chi connectivity index (χ0v) is 18.7. The third kappa shape index (κ3) is 3.92. The molecule has 0 radical (unpaired) electrons. The van der Waals surface area contributed by atoms with Gasteiger partial charge in [-0.15, -0.1) is 0 Å². The highest BCUT2D eigenvalue weighted by molar-refractivity contribution is 6.35. The van der Waals surface area contributed by atoms with Crippen molar-refractivity contribution in [2.24, 2.45) is 0 Å². The van der Waals surface area contributed by atoms with Crippen molar-refractivity contribution in [3.8, 4) is 5.69 Å². The van der Waals surface area contributed by atoms with Crippen LogP contribution in [0.1, 0.15) is 42.2 Å². The number of rotatable bonds is 4. The number of carbonyl (C=O) groups is 3. The van der Waals surface area contributed by atoms with Gasteiger partial charge in [-0.1, -0.05) is 18.2 Å². The first-order valence-electron chi connectivity index (χ1n) is 10.8. The number of aryl methyl sites for hydroxylation is 1. The SMILES string of the molecule is Cc1ccccc1N1C(=O)c2ccc(C(=O)Nc3cc(C(F)(F)F)ccc3-n3cccn3)cc2C1=O. The van der Waals surface area contributed by atoms with E-state index in [2.05, 4.69) is 10.4 Å². The van der Waals surface area contributed by atoms with Crippen molar-refractivity contribution in [3.05, 3.63) is 107 Å². The van der Waals surface area contributed by atoms with Crippen LogP contribution in [0.4, 0.5) is 24.5 Å². The molecular formula is C26H17F3N4O3. The summed E-state index contributed by atoms with van der Waals surface area (Å²) in [6.07, 6.45) is -1.65. The first kappa shape index (κ1) is 23.0. The number of nitrogens with zero attached hydrogens (tertiary/aromatic N) is 3. The molecule has 3 aromatic carbocycles. The van der Waals surface area contributed by atoms with Gasteiger partial charge in [0.1, 0.15) is 0 Å². The molecule has 2 heterocycles. The van der Waals surface area contributed by atoms with Crippen molar-refractivity contribution in [2.75, 3.05) is 10.2 Å². The highest BCUT2D eigenvalue weighted by atomic mass is 19.4. The summed E-state index contributed by atoms with van der Waals surface area (Å²) in [5.41, 5.74) is 0.483. The Balaban J connectivity index is 1.49. The lowest BCUT2D eigenvalue weighted by molar-refractivity contribution is -0.137. The van der Waals surface area contributed by atoms with Crippen LogP contribution in [0, 0.1) is 6.92 Å². The Bertz CT molecular complexity index is 1530. The predicted octanol–water partition coefficient (Wildman–Crippen LogP) is 5.25. The van der Waals surface area contributed by atoms with Crippen molar-refractivity contribution >= 4 is 29.1 Å². The van der Waals surface area contributed by atoms with Gasteiger partial charge in [0.05, 0.1) is 33.8 Å². The summed E-state index contributed by atoms with van der Waals surface area (Å²) in [6, 6.07) is 15.4. The molecule has 0 saturated carbocycles. The van der Waals surface area contributed by atoms with Crippen LogP contribution < -0.4 is 10.2 Å². The molecule has 36 heavy (non-hydrogen) atoms. The maximum absolute atomic E-state index is 13.3. The molecule has 0 aliphatic carbocycles. The molecule has 0 fully saturated rings. The number of carbonyl (C=O) groups excluding carboxylic acids is 3. The van der Waals surface area contributed by atoms with Crippen LogP contribution in [0.3, 0.4) is 0 Å². The average Bonchev–Trinajstić information content (AvgIpc) is 3.46. The monoisotopic (exact) mass is 490 g/mol. The Kier molecular flexibility index (Phi) is 5.43. The number of imide groups is 1. The maximum Gasteiger partial charge on any atom is 0.416 e. The van der Waals surface area contributed by atoms with Gasteiger partial charge in [0, 0.05) is 18.0 Å². The molecule has 0 spiro atoms. The fourth-order valence-electron chi connectivity index (χ4n) is 4.03. The second-order valence-corrected chi connectivity index (χ2v) is 8.13. The molecular weight excluding hydrogens is 473 g/mol. The predicted molar refractivity (Wildman–Crippen MR) is 125 cm³/mol. The molecule has 3 amide bonds. The number of para-hydroxylation sites is 1. The number of anilines is 2. The fourth-order valence-corrected chi connectivity index (χ4v) is 4.03. The zero-order valence-electron chi connectivity index (χ0n) is 18.7. The van der Waals surface area contributed by atoms with Gasteiger partial charge >= 0.3 is 6.18 Å². The van der Waals surface area contributed by atoms with Crippen LogP contribution in [0.2, 0.25) is 0 Å². The van der Waals surface area contributed by atoms with Crippen molar-refractivity contribution in [1.82, 2.24) is 9.78 Å². The lowest BCUT2D eigenvalue weighted by atomic mass is 10.0. The Morgan fingerprint density at radius 2 is 1.64 bits per heavy atom. The Labute approximate surface area is 202 Å². The minimum atomic E-state index is -4.62. The number of nitrogens with one attached hydrogen (secondary N) is 1. The number of hydrogen-bond acceptors (Lipinski definition) is 4. The van der Waals surface area contributed by atoms with Crippen molar-refractivity contribution in [2.45, 2.75) is 13.1 Å². The summed E-state index contributed by atoms with van der Waals surface area (Å²) in [6.45, 7) is 1.77. The summed E-state index contributed by atoms with van der Waals surface area (Å²) in [5, 5.41) is 6.51. The number of fused-ring (bicyclic) bond motifs is 1. The summed E-state index contributed by atoms with van der Waals surface area (Å²) >= 11 is 0. The third-order valence-corrected chi connectivity index (χ3v) is 5.83. The average molecular weight is 490 g/mol. The smallest absolute Gasteiger partial charge is 0.320 e. The molecule has 7 nitrogen and oxygen atoms in total. The molecule has 1 aromatic heterocycles. The number of hydrogen-bond donors (Lipinski definition) is 1. The molecule has 1 N–H and O–H groups in total. The van der Waals surface area contributed by atoms with E-state index in [0.717, 1.165) is 22.6 Å². The second kappa shape index (κ2) is 8.49. The van der Waals surface area contributed by atoms with Gasteiger partial charge in [-0.25, -0.2) is 9.58 Å². The molecule has 180 valence electrons. The normalized spacial score (nSPS) is 13.2. The molecule has 10 heteroatoms. The van der Waals surface area contributed by atoms with Gasteiger partial charge in [-0.05, 0) is 61.0 Å². The van der Waals surface area contributed by atoms with E-state index >= 15 is 0 Å². The Morgan fingerprint density at radius 3 is 2.33 bits per heavy atom. The summed E-state index contributed by atoms with van der Waals surface area (Å²) in [5.74, 6) is -1.86. The van der Waals surface area contributed by atoms with E-state index in [-0.39, 0.29) is 28.1 Å². The molecule has 1 aliphatic heterocycles. The van der Waals surface area contributed by atoms with Gasteiger partial charge in [-0.3, -0.25) is 14.4 Å². The van der Waals surface area contributed by atoms with Crippen molar-refractivity contribution in [3.63, 3.8) is 0 Å². The van der Waals surface area contributed by atoms with E-state index in [1.165, 1.54) is 41.3 Å². The van der Waals surface area contributed by atoms with Gasteiger partial charge in [0.25, 0.3) is 17.7 Å². The lowest BCUT2D eigenvalue weighted by Gasteiger charge is -2.16. The van der Waals surface area contributed by atoms with Crippen LogP contribution in [0.25, 0.3) is 5.69 Å². The molecule has 0 unspecified atom stereocenters. The van der Waals surface area contributed by atoms with E-state index in [1.807, 2.05) is 0 Å². The minimum Gasteiger partial charge on any atom is -0.320 e. The van der Waals surface area contributed by atoms with Gasteiger partial charge < -0.3 is 5.32 Å². The summed E-state index contributed by atoms with van der Waals surface area (Å²) < 4.78 is 41.3. The highest BCUT2D eigenvalue weighted by Crippen LogP contribution is 2.34. The zero-order chi connectivity index (χ0) is 25.6. The summed E-state index contributed by atoms with van der Waals surface area (Å²) in [7, 11) is 0. The minimum absolute atomic E-state index is 0.00496. The molecule has 0 bridgehead atoms. The number of amides is 3. The van der Waals surface area contributed by atoms with Gasteiger partial charge in [0.2, 0.25) is 0 Å². The summed E-state index contributed by atoms with van der Waals surface area (Å²) in [4.78, 5) is 40.1. The van der Waals surface area contributed by atoms with Gasteiger partial charge in [0.15, 0.2) is 0 Å². The van der Waals surface area contributed by atoms with Crippen LogP contribution in [-0.2, 0) is 6.18 Å². The molecule has 1 aliphatic rings. The maximum atomic E-state index is 13.3. The Morgan fingerprint density at radius 1 is 0.889 bits per heavy atom. The standard InChI is InChI=1S/C26H17F3N4O3/c1-15-5-2-3-6-21(15)33-24(35)18-9-7-16(13-19(18)25(33)36)23(34)31-20-14-17(26(27,28)29)8-10-22(20)32-12-4-11-30-32/h2-14H,1H3,(H,31,34). The van der Waals surface area contributed by atoms with E-state index in [9.17, 15) is 27.6 Å². The number of halogens is 3. The molecule has 0 saturated heterocycles. The fraction of sp³-hybridized carbons (Fsp3) is 0.0769. The van der Waals surface area contributed by atoms with E-state index < -0.39 is 29.5 Å². The molecule has 0 atom stereocenters. The number of benzene rings is 3. The first-order chi connectivity index (χ1) is 17.1. The quantitative estimate of drug-likeness (QED) is 0.396. The lowest BCUT2D eigenvalue weighted by Crippen LogP contribution is -2.29. The van der Waals surface area contributed by atoms with Crippen LogP contribution in [0.15, 0.2) is 79.1 Å². The van der Waals surface area contributed by atoms with Crippen LogP contribution >= 0.6 is 0 Å². The van der Waals surface area contributed by atoms with E-state index in [0.29, 0.717) is 5.69 Å². The third-order valence-electron chi connectivity index (χ3n) is 5.83. The largest absolute Gasteiger partial charge is 0.416 e. The van der Waals surface area contributed by atoms with Crippen molar-refractivity contribution < 1.29 is 27.6 Å². The number of aromatic nitrogens is 2. The van der Waals surface area contributed by atoms with Gasteiger partial charge in [-0.2, -0.15) is 18.3 Å². The van der Waals surface area contributed by atoms with E-state index in [4.69, 9.17) is 0 Å². The van der Waals surface area contributed by atoms with Crippen LogP contribution in [0.5, 0.6) is 0 Å². The van der Waals surface area contributed by atoms with Crippen molar-refractivity contribution in [1.29, 1.82) is 0 Å². The topological polar surface area (TPSA) is 84.3 Å². The molecule has 5 rings (SSSR count). The number of alkyl halides is 3. The highest BCUT2D eigenvalue weighted by Gasteiger charge is 2.38. The second-order valence-electron chi connectivity index (χ2n) is 8.13.